The molecule has 0 aliphatic carbocycles. The molecule has 14 heteroatoms. The van der Waals surface area contributed by atoms with Crippen LogP contribution in [0.1, 0.15) is 5.56 Å². The van der Waals surface area contributed by atoms with Crippen LogP contribution < -0.4 is 0 Å². The van der Waals surface area contributed by atoms with Gasteiger partial charge in [0.15, 0.2) is 0 Å². The molecule has 156 valence electrons. The topological polar surface area (TPSA) is 52.6 Å². The predicted octanol–water partition coefficient (Wildman–Crippen LogP) is 4.14. The maximum atomic E-state index is 12.6. The molecule has 0 spiro atoms. The van der Waals surface area contributed by atoms with Gasteiger partial charge >= 0.3 is 24.1 Å². The summed E-state index contributed by atoms with van der Waals surface area (Å²) in [5, 5.41) is 0. The Bertz CT molecular complexity index is 697. The van der Waals surface area contributed by atoms with E-state index < -0.39 is 52.4 Å². The fraction of sp³-hybridized carbons (Fsp3) is 0.538. The zero-order chi connectivity index (χ0) is 21.3. The van der Waals surface area contributed by atoms with Gasteiger partial charge in [0.25, 0.3) is 10.1 Å². The highest BCUT2D eigenvalue weighted by atomic mass is 32.2. The molecule has 0 aliphatic rings. The molecule has 1 aromatic rings. The molecule has 0 fully saturated rings. The monoisotopic (exact) mass is 434 g/mol. The average Bonchev–Trinajstić information content (AvgIpc) is 2.43. The lowest BCUT2D eigenvalue weighted by atomic mass is 10.0. The van der Waals surface area contributed by atoms with Gasteiger partial charge in [-0.3, -0.25) is 4.18 Å². The van der Waals surface area contributed by atoms with Crippen molar-refractivity contribution in [2.24, 2.45) is 0 Å². The first-order valence-electron chi connectivity index (χ1n) is 6.76. The SMILES string of the molecule is Cc1ccc(S(=O)(=O)OCCOC(C(F)(F)F)(C(F)(F)F)C(F)(F)F)cc1. The molecule has 1 rings (SSSR count). The van der Waals surface area contributed by atoms with E-state index >= 15 is 0 Å². The summed E-state index contributed by atoms with van der Waals surface area (Å²) >= 11 is 0. The number of ether oxygens (including phenoxy) is 1. The standard InChI is InChI=1S/C13H11F9O4S/c1-8-2-4-9(5-3-8)27(23,24)26-7-6-25-10(11(14,15)16,12(17,18)19)13(20,21)22/h2-5H,6-7H2,1H3. The van der Waals surface area contributed by atoms with Crippen LogP contribution in [0.15, 0.2) is 29.2 Å². The summed E-state index contributed by atoms with van der Waals surface area (Å²) in [5.41, 5.74) is -5.85. The zero-order valence-electron chi connectivity index (χ0n) is 13.2. The second kappa shape index (κ2) is 7.47. The average molecular weight is 434 g/mol. The minimum absolute atomic E-state index is 0.498. The minimum atomic E-state index is -6.90. The summed E-state index contributed by atoms with van der Waals surface area (Å²) in [6.45, 7) is -1.88. The Balaban J connectivity index is 2.97. The molecule has 0 radical (unpaired) electrons. The van der Waals surface area contributed by atoms with Gasteiger partial charge in [-0.05, 0) is 19.1 Å². The van der Waals surface area contributed by atoms with Crippen LogP contribution in [-0.4, -0.2) is 45.8 Å². The maximum Gasteiger partial charge on any atom is 0.435 e. The van der Waals surface area contributed by atoms with E-state index in [9.17, 15) is 47.9 Å². The smallest absolute Gasteiger partial charge is 0.349 e. The Morgan fingerprint density at radius 2 is 1.19 bits per heavy atom. The van der Waals surface area contributed by atoms with Gasteiger partial charge in [-0.2, -0.15) is 47.9 Å². The Labute approximate surface area is 147 Å². The fourth-order valence-electron chi connectivity index (χ4n) is 1.84. The molecule has 0 atom stereocenters. The molecular formula is C13H11F9O4S. The van der Waals surface area contributed by atoms with Crippen molar-refractivity contribution in [3.8, 4) is 0 Å². The lowest BCUT2D eigenvalue weighted by molar-refractivity contribution is -0.457. The molecule has 0 aliphatic heterocycles. The van der Waals surface area contributed by atoms with Gasteiger partial charge in [-0.15, -0.1) is 0 Å². The summed E-state index contributed by atoms with van der Waals surface area (Å²) < 4.78 is 144. The van der Waals surface area contributed by atoms with E-state index in [1.54, 1.807) is 6.92 Å². The Morgan fingerprint density at radius 3 is 1.56 bits per heavy atom. The minimum Gasteiger partial charge on any atom is -0.349 e. The lowest BCUT2D eigenvalue weighted by Gasteiger charge is -2.37. The highest BCUT2D eigenvalue weighted by Gasteiger charge is 2.85. The van der Waals surface area contributed by atoms with Crippen molar-refractivity contribution in [2.75, 3.05) is 13.2 Å². The molecule has 4 nitrogen and oxygen atoms in total. The van der Waals surface area contributed by atoms with E-state index in [2.05, 4.69) is 8.92 Å². The predicted molar refractivity (Wildman–Crippen MR) is 71.2 cm³/mol. The van der Waals surface area contributed by atoms with Gasteiger partial charge in [0.1, 0.15) is 0 Å². The molecule has 0 saturated carbocycles. The first-order valence-corrected chi connectivity index (χ1v) is 8.17. The zero-order valence-corrected chi connectivity index (χ0v) is 14.0. The second-order valence-corrected chi connectivity index (χ2v) is 6.73. The van der Waals surface area contributed by atoms with E-state index in [0.29, 0.717) is 5.56 Å². The van der Waals surface area contributed by atoms with E-state index in [-0.39, 0.29) is 0 Å². The van der Waals surface area contributed by atoms with Crippen LogP contribution in [0, 0.1) is 6.92 Å². The van der Waals surface area contributed by atoms with Crippen molar-refractivity contribution >= 4 is 10.1 Å². The van der Waals surface area contributed by atoms with Crippen molar-refractivity contribution in [2.45, 2.75) is 35.9 Å². The fourth-order valence-corrected chi connectivity index (χ4v) is 2.73. The van der Waals surface area contributed by atoms with Crippen LogP contribution in [0.25, 0.3) is 0 Å². The van der Waals surface area contributed by atoms with Crippen molar-refractivity contribution < 1.29 is 56.9 Å². The van der Waals surface area contributed by atoms with Crippen molar-refractivity contribution in [3.63, 3.8) is 0 Å². The van der Waals surface area contributed by atoms with Crippen LogP contribution in [-0.2, 0) is 19.0 Å². The van der Waals surface area contributed by atoms with Gasteiger partial charge in [0.05, 0.1) is 18.1 Å². The molecule has 1 aromatic carbocycles. The van der Waals surface area contributed by atoms with Crippen LogP contribution in [0.2, 0.25) is 0 Å². The summed E-state index contributed by atoms with van der Waals surface area (Å²) in [7, 11) is -4.62. The van der Waals surface area contributed by atoms with Crippen LogP contribution in [0.3, 0.4) is 0 Å². The normalized spacial score (nSPS) is 14.4. The van der Waals surface area contributed by atoms with Crippen molar-refractivity contribution in [1.82, 2.24) is 0 Å². The quantitative estimate of drug-likeness (QED) is 0.384. The van der Waals surface area contributed by atoms with Crippen molar-refractivity contribution in [1.29, 1.82) is 0 Å². The number of halogens is 9. The number of rotatable bonds is 6. The highest BCUT2D eigenvalue weighted by molar-refractivity contribution is 7.86. The van der Waals surface area contributed by atoms with Crippen LogP contribution in [0.4, 0.5) is 39.5 Å². The van der Waals surface area contributed by atoms with E-state index in [4.69, 9.17) is 0 Å². The van der Waals surface area contributed by atoms with E-state index in [0.717, 1.165) is 12.1 Å². The van der Waals surface area contributed by atoms with Gasteiger partial charge in [-0.1, -0.05) is 17.7 Å². The van der Waals surface area contributed by atoms with Crippen LogP contribution in [0.5, 0.6) is 0 Å². The third kappa shape index (κ3) is 4.85. The van der Waals surface area contributed by atoms with Crippen LogP contribution >= 0.6 is 0 Å². The number of aryl methyl sites for hydroxylation is 1. The largest absolute Gasteiger partial charge is 0.435 e. The number of benzene rings is 1. The molecule has 0 aromatic heterocycles. The summed E-state index contributed by atoms with van der Waals surface area (Å²) in [6, 6.07) is 4.68. The van der Waals surface area contributed by atoms with Gasteiger partial charge < -0.3 is 4.74 Å². The summed E-state index contributed by atoms with van der Waals surface area (Å²) in [4.78, 5) is -0.498. The molecule has 0 N–H and O–H groups in total. The maximum absolute atomic E-state index is 12.6. The molecule has 27 heavy (non-hydrogen) atoms. The summed E-state index contributed by atoms with van der Waals surface area (Å²) in [5.74, 6) is 0. The lowest BCUT2D eigenvalue weighted by Crippen LogP contribution is -2.68. The number of hydrogen-bond acceptors (Lipinski definition) is 4. The molecule has 0 amide bonds. The first kappa shape index (κ1) is 23.5. The highest BCUT2D eigenvalue weighted by Crippen LogP contribution is 2.54. The van der Waals surface area contributed by atoms with Gasteiger partial charge in [0.2, 0.25) is 0 Å². The van der Waals surface area contributed by atoms with Gasteiger partial charge in [-0.25, -0.2) is 0 Å². The molecule has 0 saturated heterocycles. The third-order valence-corrected chi connectivity index (χ3v) is 4.47. The number of hydrogen-bond donors (Lipinski definition) is 0. The second-order valence-electron chi connectivity index (χ2n) is 5.11. The Kier molecular flexibility index (Phi) is 6.50. The first-order chi connectivity index (χ1) is 12.0. The third-order valence-electron chi connectivity index (χ3n) is 3.15. The van der Waals surface area contributed by atoms with E-state index in [1.165, 1.54) is 12.1 Å². The van der Waals surface area contributed by atoms with Gasteiger partial charge in [0, 0.05) is 0 Å². The molecule has 0 bridgehead atoms. The van der Waals surface area contributed by atoms with E-state index in [1.807, 2.05) is 0 Å². The van der Waals surface area contributed by atoms with Crippen molar-refractivity contribution in [3.05, 3.63) is 29.8 Å². The number of alkyl halides is 9. The Morgan fingerprint density at radius 1 is 0.778 bits per heavy atom. The Hall–Kier alpha value is -1.54. The molecule has 0 unspecified atom stereocenters. The molecule has 0 heterocycles. The summed E-state index contributed by atoms with van der Waals surface area (Å²) in [6.07, 6.45) is -20.7. The molecular weight excluding hydrogens is 423 g/mol.